The Hall–Kier alpha value is -3.16. The number of rotatable bonds is 6. The van der Waals surface area contributed by atoms with Crippen molar-refractivity contribution in [2.75, 3.05) is 45.7 Å². The molecule has 0 bridgehead atoms. The third kappa shape index (κ3) is 4.95. The number of anilines is 1. The van der Waals surface area contributed by atoms with Crippen LogP contribution in [0, 0.1) is 0 Å². The molecule has 2 fully saturated rings. The first kappa shape index (κ1) is 21.1. The van der Waals surface area contributed by atoms with Crippen LogP contribution < -0.4 is 10.1 Å². The number of piperidine rings is 1. The Balaban J connectivity index is 1.37. The van der Waals surface area contributed by atoms with Crippen molar-refractivity contribution in [2.24, 2.45) is 0 Å². The Morgan fingerprint density at radius 2 is 1.90 bits per heavy atom. The van der Waals surface area contributed by atoms with Crippen LogP contribution in [-0.4, -0.2) is 71.9 Å². The van der Waals surface area contributed by atoms with Crippen LogP contribution >= 0.6 is 0 Å². The first-order chi connectivity index (χ1) is 15.0. The van der Waals surface area contributed by atoms with E-state index in [1.165, 1.54) is 0 Å². The lowest BCUT2D eigenvalue weighted by molar-refractivity contribution is -0.134. The molecule has 2 saturated heterocycles. The van der Waals surface area contributed by atoms with E-state index >= 15 is 0 Å². The molecule has 1 aromatic carbocycles. The van der Waals surface area contributed by atoms with Gasteiger partial charge in [-0.25, -0.2) is 9.97 Å². The summed E-state index contributed by atoms with van der Waals surface area (Å²) in [5.74, 6) is 2.73. The van der Waals surface area contributed by atoms with Crippen molar-refractivity contribution in [3.05, 3.63) is 47.9 Å². The molecule has 0 spiro atoms. The van der Waals surface area contributed by atoms with E-state index in [1.54, 1.807) is 4.90 Å². The van der Waals surface area contributed by atoms with Gasteiger partial charge in [0.1, 0.15) is 17.4 Å². The van der Waals surface area contributed by atoms with Crippen LogP contribution in [0.15, 0.2) is 36.4 Å². The fourth-order valence-electron chi connectivity index (χ4n) is 4.21. The van der Waals surface area contributed by atoms with Gasteiger partial charge in [-0.2, -0.15) is 0 Å². The topological polar surface area (TPSA) is 87.7 Å². The van der Waals surface area contributed by atoms with E-state index in [-0.39, 0.29) is 30.3 Å². The van der Waals surface area contributed by atoms with Gasteiger partial charge in [0.05, 0.1) is 5.69 Å². The van der Waals surface area contributed by atoms with Crippen molar-refractivity contribution in [3.8, 4) is 5.75 Å². The maximum Gasteiger partial charge on any atom is 0.260 e. The molecular weight excluding hydrogens is 394 g/mol. The zero-order valence-electron chi connectivity index (χ0n) is 18.1. The molecule has 0 unspecified atom stereocenters. The van der Waals surface area contributed by atoms with Gasteiger partial charge >= 0.3 is 0 Å². The highest BCUT2D eigenvalue weighted by atomic mass is 16.5. The van der Waals surface area contributed by atoms with E-state index in [1.807, 2.05) is 55.4 Å². The van der Waals surface area contributed by atoms with Gasteiger partial charge in [0.2, 0.25) is 5.91 Å². The molecule has 2 aromatic rings. The number of benzene rings is 1. The molecule has 8 heteroatoms. The molecule has 2 aliphatic heterocycles. The predicted molar refractivity (Wildman–Crippen MR) is 117 cm³/mol. The minimum Gasteiger partial charge on any atom is -0.484 e. The smallest absolute Gasteiger partial charge is 0.260 e. The SMILES string of the molecule is CNc1cc([C@@H]2CC(=O)N(C)C2)nc(C2CCN(C(=O)COc3ccccc3)CC2)n1. The highest BCUT2D eigenvalue weighted by Gasteiger charge is 2.31. The molecule has 164 valence electrons. The van der Waals surface area contributed by atoms with Gasteiger partial charge in [-0.15, -0.1) is 0 Å². The predicted octanol–water partition coefficient (Wildman–Crippen LogP) is 2.25. The van der Waals surface area contributed by atoms with Crippen molar-refractivity contribution in [1.29, 1.82) is 0 Å². The van der Waals surface area contributed by atoms with Crippen LogP contribution in [0.5, 0.6) is 5.75 Å². The van der Waals surface area contributed by atoms with Gasteiger partial charge < -0.3 is 19.9 Å². The molecule has 0 aliphatic carbocycles. The number of likely N-dealkylation sites (tertiary alicyclic amines) is 2. The summed E-state index contributed by atoms with van der Waals surface area (Å²) in [6.45, 7) is 2.06. The summed E-state index contributed by atoms with van der Waals surface area (Å²) < 4.78 is 5.60. The second kappa shape index (κ2) is 9.32. The number of carbonyl (C=O) groups excluding carboxylic acids is 2. The van der Waals surface area contributed by atoms with E-state index in [2.05, 4.69) is 10.3 Å². The third-order valence-corrected chi connectivity index (χ3v) is 6.10. The van der Waals surface area contributed by atoms with E-state index < -0.39 is 0 Å². The Bertz CT molecular complexity index is 928. The number of hydrogen-bond acceptors (Lipinski definition) is 6. The fraction of sp³-hybridized carbons (Fsp3) is 0.478. The first-order valence-corrected chi connectivity index (χ1v) is 10.8. The second-order valence-corrected chi connectivity index (χ2v) is 8.22. The zero-order valence-corrected chi connectivity index (χ0v) is 18.1. The summed E-state index contributed by atoms with van der Waals surface area (Å²) in [5.41, 5.74) is 0.918. The molecule has 1 N–H and O–H groups in total. The Morgan fingerprint density at radius 3 is 2.55 bits per heavy atom. The van der Waals surface area contributed by atoms with Crippen molar-refractivity contribution in [3.63, 3.8) is 0 Å². The monoisotopic (exact) mass is 423 g/mol. The normalized spacial score (nSPS) is 19.5. The average molecular weight is 424 g/mol. The lowest BCUT2D eigenvalue weighted by Crippen LogP contribution is -2.40. The van der Waals surface area contributed by atoms with Gasteiger partial charge in [-0.1, -0.05) is 18.2 Å². The molecule has 8 nitrogen and oxygen atoms in total. The van der Waals surface area contributed by atoms with Gasteiger partial charge in [-0.3, -0.25) is 9.59 Å². The maximum atomic E-state index is 12.5. The van der Waals surface area contributed by atoms with Crippen molar-refractivity contribution >= 4 is 17.6 Å². The summed E-state index contributed by atoms with van der Waals surface area (Å²) in [4.78, 5) is 37.6. The van der Waals surface area contributed by atoms with Crippen molar-refractivity contribution in [1.82, 2.24) is 19.8 Å². The highest BCUT2D eigenvalue weighted by Crippen LogP contribution is 2.31. The summed E-state index contributed by atoms with van der Waals surface area (Å²) in [6, 6.07) is 11.3. The number of nitrogens with one attached hydrogen (secondary N) is 1. The number of nitrogens with zero attached hydrogens (tertiary/aromatic N) is 4. The van der Waals surface area contributed by atoms with Gasteiger partial charge in [0.15, 0.2) is 6.61 Å². The highest BCUT2D eigenvalue weighted by molar-refractivity contribution is 5.79. The number of carbonyl (C=O) groups is 2. The maximum absolute atomic E-state index is 12.5. The van der Waals surface area contributed by atoms with Crippen LogP contribution in [0.4, 0.5) is 5.82 Å². The summed E-state index contributed by atoms with van der Waals surface area (Å²) in [7, 11) is 3.67. The molecule has 31 heavy (non-hydrogen) atoms. The molecule has 0 saturated carbocycles. The lowest BCUT2D eigenvalue weighted by Gasteiger charge is -2.31. The molecule has 4 rings (SSSR count). The molecule has 2 aliphatic rings. The number of hydrogen-bond donors (Lipinski definition) is 1. The number of ether oxygens (including phenoxy) is 1. The van der Waals surface area contributed by atoms with Gasteiger partial charge in [0.25, 0.3) is 5.91 Å². The quantitative estimate of drug-likeness (QED) is 0.767. The molecule has 1 aromatic heterocycles. The summed E-state index contributed by atoms with van der Waals surface area (Å²) in [5, 5.41) is 3.12. The summed E-state index contributed by atoms with van der Waals surface area (Å²) >= 11 is 0. The van der Waals surface area contributed by atoms with E-state index in [0.29, 0.717) is 31.8 Å². The number of aromatic nitrogens is 2. The van der Waals surface area contributed by atoms with Crippen LogP contribution in [-0.2, 0) is 9.59 Å². The number of para-hydroxylation sites is 1. The van der Waals surface area contributed by atoms with Crippen LogP contribution in [0.3, 0.4) is 0 Å². The molecular formula is C23H29N5O3. The largest absolute Gasteiger partial charge is 0.484 e. The second-order valence-electron chi connectivity index (χ2n) is 8.22. The van der Waals surface area contributed by atoms with E-state index in [0.717, 1.165) is 30.2 Å². The average Bonchev–Trinajstić information content (AvgIpc) is 3.16. The first-order valence-electron chi connectivity index (χ1n) is 10.8. The fourth-order valence-corrected chi connectivity index (χ4v) is 4.21. The lowest BCUT2D eigenvalue weighted by atomic mass is 9.95. The number of amides is 2. The van der Waals surface area contributed by atoms with Crippen LogP contribution in [0.25, 0.3) is 0 Å². The van der Waals surface area contributed by atoms with Gasteiger partial charge in [-0.05, 0) is 25.0 Å². The standard InChI is InChI=1S/C23H29N5O3/c1-24-20-13-19(17-12-21(29)27(2)14-17)25-23(26-20)16-8-10-28(11-9-16)22(30)15-31-18-6-4-3-5-7-18/h3-7,13,16-17H,8-12,14-15H2,1-2H3,(H,24,25,26)/t17-/m1/s1. The van der Waals surface area contributed by atoms with Crippen molar-refractivity contribution in [2.45, 2.75) is 31.1 Å². The Morgan fingerprint density at radius 1 is 1.16 bits per heavy atom. The Labute approximate surface area is 182 Å². The van der Waals surface area contributed by atoms with Gasteiger partial charge in [0, 0.05) is 58.1 Å². The zero-order chi connectivity index (χ0) is 21.8. The van der Waals surface area contributed by atoms with Crippen LogP contribution in [0.1, 0.15) is 42.6 Å². The number of likely N-dealkylation sites (N-methyl/N-ethyl adjacent to an activating group) is 1. The minimum atomic E-state index is 0.000362. The minimum absolute atomic E-state index is 0.000362. The Kier molecular flexibility index (Phi) is 6.34. The van der Waals surface area contributed by atoms with E-state index in [4.69, 9.17) is 9.72 Å². The molecule has 0 radical (unpaired) electrons. The summed E-state index contributed by atoms with van der Waals surface area (Å²) in [6.07, 6.45) is 2.12. The molecule has 3 heterocycles. The molecule has 2 amide bonds. The van der Waals surface area contributed by atoms with Crippen LogP contribution in [0.2, 0.25) is 0 Å². The molecule has 1 atom stereocenters. The van der Waals surface area contributed by atoms with E-state index in [9.17, 15) is 9.59 Å². The van der Waals surface area contributed by atoms with Crippen molar-refractivity contribution < 1.29 is 14.3 Å². The third-order valence-electron chi connectivity index (χ3n) is 6.10.